The highest BCUT2D eigenvalue weighted by molar-refractivity contribution is 6.42. The monoisotopic (exact) mass is 276 g/mol. The van der Waals surface area contributed by atoms with Gasteiger partial charge in [0.25, 0.3) is 0 Å². The van der Waals surface area contributed by atoms with Gasteiger partial charge in [-0.05, 0) is 35.9 Å². The van der Waals surface area contributed by atoms with Gasteiger partial charge in [-0.2, -0.15) is 5.26 Å². The van der Waals surface area contributed by atoms with Gasteiger partial charge in [0, 0.05) is 18.9 Å². The summed E-state index contributed by atoms with van der Waals surface area (Å²) < 4.78 is 1.94. The Labute approximate surface area is 116 Å². The summed E-state index contributed by atoms with van der Waals surface area (Å²) in [5.41, 5.74) is 2.26. The summed E-state index contributed by atoms with van der Waals surface area (Å²) in [6.45, 7) is 0. The fraction of sp³-hybridized carbons (Fsp3) is 0.0714. The van der Waals surface area contributed by atoms with Gasteiger partial charge in [-0.25, -0.2) is 0 Å². The fourth-order valence-corrected chi connectivity index (χ4v) is 1.91. The Balaban J connectivity index is 2.46. The molecule has 90 valence electrons. The minimum absolute atomic E-state index is 0.446. The maximum absolute atomic E-state index is 9.23. The molecule has 4 heteroatoms. The predicted octanol–water partition coefficient (Wildman–Crippen LogP) is 4.40. The summed E-state index contributed by atoms with van der Waals surface area (Å²) in [6.07, 6.45) is 3.75. The van der Waals surface area contributed by atoms with Gasteiger partial charge in [-0.15, -0.1) is 0 Å². The molecule has 0 fully saturated rings. The van der Waals surface area contributed by atoms with E-state index in [0.29, 0.717) is 15.6 Å². The van der Waals surface area contributed by atoms with Crippen molar-refractivity contribution in [2.45, 2.75) is 0 Å². The zero-order valence-electron chi connectivity index (χ0n) is 9.69. The van der Waals surface area contributed by atoms with E-state index in [-0.39, 0.29) is 0 Å². The second-order valence-corrected chi connectivity index (χ2v) is 4.66. The molecule has 18 heavy (non-hydrogen) atoms. The Kier molecular flexibility index (Phi) is 3.76. The van der Waals surface area contributed by atoms with Crippen LogP contribution in [0.2, 0.25) is 10.0 Å². The summed E-state index contributed by atoms with van der Waals surface area (Å²) >= 11 is 11.8. The quantitative estimate of drug-likeness (QED) is 0.748. The number of hydrogen-bond donors (Lipinski definition) is 0. The summed E-state index contributed by atoms with van der Waals surface area (Å²) in [7, 11) is 1.93. The molecule has 0 radical (unpaired) electrons. The van der Waals surface area contributed by atoms with E-state index in [1.807, 2.05) is 36.0 Å². The topological polar surface area (TPSA) is 28.7 Å². The molecule has 0 saturated carbocycles. The summed E-state index contributed by atoms with van der Waals surface area (Å²) in [6, 6.07) is 11.2. The first-order chi connectivity index (χ1) is 8.61. The van der Waals surface area contributed by atoms with Crippen LogP contribution in [0.3, 0.4) is 0 Å². The number of allylic oxidation sites excluding steroid dienone is 1. The van der Waals surface area contributed by atoms with Gasteiger partial charge in [0.2, 0.25) is 0 Å². The number of nitrogens with zero attached hydrogens (tertiary/aromatic N) is 2. The minimum Gasteiger partial charge on any atom is -0.351 e. The largest absolute Gasteiger partial charge is 0.351 e. The lowest BCUT2D eigenvalue weighted by Crippen LogP contribution is -1.89. The van der Waals surface area contributed by atoms with E-state index < -0.39 is 0 Å². The third-order valence-corrected chi connectivity index (χ3v) is 3.37. The molecule has 1 heterocycles. The molecule has 2 nitrogen and oxygen atoms in total. The molecule has 1 aromatic heterocycles. The average molecular weight is 277 g/mol. The van der Waals surface area contributed by atoms with Crippen molar-refractivity contribution in [3.8, 4) is 6.07 Å². The number of aryl methyl sites for hydroxylation is 1. The van der Waals surface area contributed by atoms with Crippen LogP contribution in [0.15, 0.2) is 36.5 Å². The average Bonchev–Trinajstić information content (AvgIpc) is 2.75. The van der Waals surface area contributed by atoms with Crippen LogP contribution < -0.4 is 0 Å². The van der Waals surface area contributed by atoms with Gasteiger partial charge in [-0.3, -0.25) is 0 Å². The van der Waals surface area contributed by atoms with Crippen LogP contribution >= 0.6 is 23.2 Å². The summed E-state index contributed by atoms with van der Waals surface area (Å²) in [5.74, 6) is 0. The van der Waals surface area contributed by atoms with Crippen molar-refractivity contribution >= 4 is 34.9 Å². The van der Waals surface area contributed by atoms with Crippen LogP contribution in [0.25, 0.3) is 11.6 Å². The smallest absolute Gasteiger partial charge is 0.0998 e. The maximum atomic E-state index is 9.23. The van der Waals surface area contributed by atoms with E-state index >= 15 is 0 Å². The molecular formula is C14H10Cl2N2. The molecule has 0 amide bonds. The van der Waals surface area contributed by atoms with E-state index in [1.165, 1.54) is 0 Å². The molecule has 2 aromatic rings. The van der Waals surface area contributed by atoms with Crippen LogP contribution in [0.4, 0.5) is 0 Å². The first-order valence-corrected chi connectivity index (χ1v) is 6.06. The number of hydrogen-bond acceptors (Lipinski definition) is 1. The fourth-order valence-electron chi connectivity index (χ4n) is 1.62. The first-order valence-electron chi connectivity index (χ1n) is 5.30. The highest BCUT2D eigenvalue weighted by Crippen LogP contribution is 2.26. The normalized spacial score (nSPS) is 11.3. The molecule has 0 bridgehead atoms. The SMILES string of the molecule is Cn1cccc1/C=C(\C#N)c1ccc(Cl)c(Cl)c1. The Morgan fingerprint density at radius 2 is 2.06 bits per heavy atom. The van der Waals surface area contributed by atoms with Crippen molar-refractivity contribution in [2.75, 3.05) is 0 Å². The molecule has 1 aromatic carbocycles. The molecule has 0 atom stereocenters. The second kappa shape index (κ2) is 5.30. The molecule has 0 aliphatic rings. The minimum atomic E-state index is 0.446. The maximum Gasteiger partial charge on any atom is 0.0998 e. The predicted molar refractivity (Wildman–Crippen MR) is 75.4 cm³/mol. The summed E-state index contributed by atoms with van der Waals surface area (Å²) in [4.78, 5) is 0. The van der Waals surface area contributed by atoms with Crippen LogP contribution in [-0.4, -0.2) is 4.57 Å². The summed E-state index contributed by atoms with van der Waals surface area (Å²) in [5, 5.41) is 10.2. The molecule has 2 rings (SSSR count). The van der Waals surface area contributed by atoms with Gasteiger partial charge >= 0.3 is 0 Å². The van der Waals surface area contributed by atoms with Crippen molar-refractivity contribution in [1.82, 2.24) is 4.57 Å². The standard InChI is InChI=1S/C14H10Cl2N2/c1-18-6-2-3-12(18)7-11(9-17)10-4-5-13(15)14(16)8-10/h2-8H,1H3/b11-7+. The van der Waals surface area contributed by atoms with E-state index in [0.717, 1.165) is 11.3 Å². The lowest BCUT2D eigenvalue weighted by atomic mass is 10.1. The van der Waals surface area contributed by atoms with Crippen LogP contribution in [0, 0.1) is 11.3 Å². The van der Waals surface area contributed by atoms with E-state index in [1.54, 1.807) is 18.2 Å². The van der Waals surface area contributed by atoms with Crippen molar-refractivity contribution in [2.24, 2.45) is 7.05 Å². The molecule has 0 aliphatic carbocycles. The number of aromatic nitrogens is 1. The lowest BCUT2D eigenvalue weighted by Gasteiger charge is -2.03. The third kappa shape index (κ3) is 2.59. The molecule has 0 aliphatic heterocycles. The molecule has 0 unspecified atom stereocenters. The molecule has 0 saturated heterocycles. The second-order valence-electron chi connectivity index (χ2n) is 3.84. The van der Waals surface area contributed by atoms with Gasteiger partial charge in [0.05, 0.1) is 21.7 Å². The molecule has 0 N–H and O–H groups in total. The van der Waals surface area contributed by atoms with E-state index in [9.17, 15) is 5.26 Å². The Morgan fingerprint density at radius 1 is 1.28 bits per heavy atom. The Hall–Kier alpha value is -1.69. The van der Waals surface area contributed by atoms with Crippen LogP contribution in [0.5, 0.6) is 0 Å². The van der Waals surface area contributed by atoms with Crippen molar-refractivity contribution in [3.05, 3.63) is 57.8 Å². The third-order valence-electron chi connectivity index (χ3n) is 2.63. The Morgan fingerprint density at radius 3 is 2.61 bits per heavy atom. The lowest BCUT2D eigenvalue weighted by molar-refractivity contribution is 0.915. The number of halogens is 2. The van der Waals surface area contributed by atoms with Gasteiger partial charge in [-0.1, -0.05) is 29.3 Å². The zero-order valence-corrected chi connectivity index (χ0v) is 11.2. The van der Waals surface area contributed by atoms with Gasteiger partial charge < -0.3 is 4.57 Å². The highest BCUT2D eigenvalue weighted by Gasteiger charge is 2.05. The number of rotatable bonds is 2. The molecular weight excluding hydrogens is 267 g/mol. The molecule has 0 spiro atoms. The van der Waals surface area contributed by atoms with E-state index in [4.69, 9.17) is 23.2 Å². The Bertz CT molecular complexity index is 648. The van der Waals surface area contributed by atoms with Crippen LogP contribution in [-0.2, 0) is 7.05 Å². The van der Waals surface area contributed by atoms with Crippen molar-refractivity contribution in [3.63, 3.8) is 0 Å². The zero-order chi connectivity index (χ0) is 13.1. The first kappa shape index (κ1) is 12.8. The van der Waals surface area contributed by atoms with Crippen molar-refractivity contribution < 1.29 is 0 Å². The van der Waals surface area contributed by atoms with Gasteiger partial charge in [0.1, 0.15) is 0 Å². The number of benzene rings is 1. The number of nitriles is 1. The van der Waals surface area contributed by atoms with Crippen LogP contribution in [0.1, 0.15) is 11.3 Å². The highest BCUT2D eigenvalue weighted by atomic mass is 35.5. The van der Waals surface area contributed by atoms with E-state index in [2.05, 4.69) is 6.07 Å². The van der Waals surface area contributed by atoms with Crippen molar-refractivity contribution in [1.29, 1.82) is 5.26 Å². The van der Waals surface area contributed by atoms with Gasteiger partial charge in [0.15, 0.2) is 0 Å².